The van der Waals surface area contributed by atoms with E-state index in [-0.39, 0.29) is 20.9 Å². The number of anilines is 2. The average molecular weight is 531 g/mol. The molecule has 0 bridgehead atoms. The minimum Gasteiger partial charge on any atom is -0.454 e. The van der Waals surface area contributed by atoms with Gasteiger partial charge < -0.3 is 20.2 Å². The third-order valence-electron chi connectivity index (χ3n) is 3.77. The van der Waals surface area contributed by atoms with E-state index in [1.807, 2.05) is 18.2 Å². The number of halogens is 4. The van der Waals surface area contributed by atoms with Crippen LogP contribution in [0, 0.1) is 0 Å². The Morgan fingerprint density at radius 1 is 0.812 bits per heavy atom. The van der Waals surface area contributed by atoms with Crippen LogP contribution in [0.3, 0.4) is 0 Å². The van der Waals surface area contributed by atoms with Gasteiger partial charge >= 0.3 is 0 Å². The van der Waals surface area contributed by atoms with Crippen molar-refractivity contribution in [1.29, 1.82) is 0 Å². The molecule has 6 nitrogen and oxygen atoms in total. The number of hydroxylamine groups is 1. The van der Waals surface area contributed by atoms with Crippen LogP contribution in [0.1, 0.15) is 6.92 Å². The maximum Gasteiger partial charge on any atom is 0.249 e. The van der Waals surface area contributed by atoms with Gasteiger partial charge in [-0.15, -0.1) is 0 Å². The van der Waals surface area contributed by atoms with Crippen LogP contribution < -0.4 is 25.7 Å². The molecular formula is C21H15Cl4N3O3S. The zero-order chi connectivity index (χ0) is 23.3. The highest BCUT2D eigenvalue weighted by Gasteiger charge is 2.14. The molecule has 0 atom stereocenters. The maximum atomic E-state index is 11.0. The summed E-state index contributed by atoms with van der Waals surface area (Å²) in [6.07, 6.45) is 0. The third-order valence-corrected chi connectivity index (χ3v) is 5.10. The zero-order valence-corrected chi connectivity index (χ0v) is 20.2. The molecule has 3 aromatic carbocycles. The first-order valence-electron chi connectivity index (χ1n) is 8.95. The van der Waals surface area contributed by atoms with Gasteiger partial charge in [0.05, 0.1) is 20.1 Å². The quantitative estimate of drug-likeness (QED) is 0.229. The van der Waals surface area contributed by atoms with E-state index in [1.165, 1.54) is 19.1 Å². The largest absolute Gasteiger partial charge is 0.454 e. The first-order chi connectivity index (χ1) is 15.2. The predicted octanol–water partition coefficient (Wildman–Crippen LogP) is 7.33. The van der Waals surface area contributed by atoms with Crippen molar-refractivity contribution in [2.75, 3.05) is 10.6 Å². The number of rotatable bonds is 6. The Labute approximate surface area is 209 Å². The summed E-state index contributed by atoms with van der Waals surface area (Å²) in [6.45, 7) is 1.29. The van der Waals surface area contributed by atoms with Gasteiger partial charge in [-0.2, -0.15) is 5.48 Å². The lowest BCUT2D eigenvalue weighted by Gasteiger charge is -2.15. The average Bonchev–Trinajstić information content (AvgIpc) is 2.70. The smallest absolute Gasteiger partial charge is 0.249 e. The highest BCUT2D eigenvalue weighted by atomic mass is 35.5. The van der Waals surface area contributed by atoms with Crippen LogP contribution in [0.5, 0.6) is 17.2 Å². The fourth-order valence-corrected chi connectivity index (χ4v) is 3.85. The van der Waals surface area contributed by atoms with Gasteiger partial charge in [0, 0.05) is 18.3 Å². The van der Waals surface area contributed by atoms with E-state index < -0.39 is 5.91 Å². The van der Waals surface area contributed by atoms with Crippen LogP contribution in [0.15, 0.2) is 54.6 Å². The van der Waals surface area contributed by atoms with E-state index in [0.717, 1.165) is 0 Å². The summed E-state index contributed by atoms with van der Waals surface area (Å²) < 4.78 is 5.76. The van der Waals surface area contributed by atoms with E-state index in [0.29, 0.717) is 32.9 Å². The first kappa shape index (κ1) is 24.2. The number of ether oxygens (including phenoxy) is 1. The number of amides is 1. The van der Waals surface area contributed by atoms with Gasteiger partial charge in [0.25, 0.3) is 0 Å². The van der Waals surface area contributed by atoms with Crippen LogP contribution in [0.4, 0.5) is 11.4 Å². The number of hydrogen-bond donors (Lipinski definition) is 3. The van der Waals surface area contributed by atoms with Crippen LogP contribution in [0.2, 0.25) is 20.1 Å². The number of hydrogen-bond acceptors (Lipinski definition) is 4. The topological polar surface area (TPSA) is 71.6 Å². The van der Waals surface area contributed by atoms with E-state index in [2.05, 4.69) is 16.1 Å². The van der Waals surface area contributed by atoms with Crippen molar-refractivity contribution in [2.24, 2.45) is 0 Å². The summed E-state index contributed by atoms with van der Waals surface area (Å²) in [5, 5.41) is 7.11. The Hall–Kier alpha value is -2.42. The van der Waals surface area contributed by atoms with Crippen molar-refractivity contribution >= 4 is 81.0 Å². The van der Waals surface area contributed by atoms with E-state index >= 15 is 0 Å². The molecule has 0 spiro atoms. The molecule has 0 heterocycles. The second kappa shape index (κ2) is 10.9. The third kappa shape index (κ3) is 6.54. The van der Waals surface area contributed by atoms with Gasteiger partial charge in [0.2, 0.25) is 5.91 Å². The lowest BCUT2D eigenvalue weighted by Crippen LogP contribution is -2.24. The van der Waals surface area contributed by atoms with Gasteiger partial charge in [-0.3, -0.25) is 4.79 Å². The van der Waals surface area contributed by atoms with Crippen molar-refractivity contribution in [3.8, 4) is 17.2 Å². The molecule has 0 radical (unpaired) electrons. The number of carbonyl (C=O) groups excluding carboxylic acids is 1. The lowest BCUT2D eigenvalue weighted by molar-refractivity contribution is -0.125. The highest BCUT2D eigenvalue weighted by molar-refractivity contribution is 7.80. The molecular weight excluding hydrogens is 516 g/mol. The number of nitrogens with one attached hydrogen (secondary N) is 3. The maximum absolute atomic E-state index is 11.0. The summed E-state index contributed by atoms with van der Waals surface area (Å²) in [4.78, 5) is 16.1. The van der Waals surface area contributed by atoms with Crippen LogP contribution >= 0.6 is 58.6 Å². The molecule has 0 aliphatic heterocycles. The molecule has 0 unspecified atom stereocenters. The van der Waals surface area contributed by atoms with Gasteiger partial charge in [-0.05, 0) is 48.6 Å². The number of carbonyl (C=O) groups is 1. The van der Waals surface area contributed by atoms with Crippen LogP contribution in [0.25, 0.3) is 0 Å². The van der Waals surface area contributed by atoms with E-state index in [9.17, 15) is 4.79 Å². The van der Waals surface area contributed by atoms with E-state index in [4.69, 9.17) is 68.2 Å². The Morgan fingerprint density at radius 3 is 1.75 bits per heavy atom. The predicted molar refractivity (Wildman–Crippen MR) is 134 cm³/mol. The van der Waals surface area contributed by atoms with Crippen LogP contribution in [-0.4, -0.2) is 11.0 Å². The number of thiocarbonyl (C=S) groups is 1. The summed E-state index contributed by atoms with van der Waals surface area (Å²) in [6, 6.07) is 15.5. The van der Waals surface area contributed by atoms with E-state index in [1.54, 1.807) is 24.3 Å². The van der Waals surface area contributed by atoms with Gasteiger partial charge in [-0.1, -0.05) is 64.6 Å². The summed E-state index contributed by atoms with van der Waals surface area (Å²) >= 11 is 30.4. The second-order valence-electron chi connectivity index (χ2n) is 6.29. The molecule has 3 rings (SSSR count). The molecule has 0 saturated carbocycles. The molecule has 1 amide bonds. The number of benzene rings is 3. The molecule has 0 aromatic heterocycles. The molecule has 0 aliphatic rings. The summed E-state index contributed by atoms with van der Waals surface area (Å²) in [5.41, 5.74) is 3.20. The minimum absolute atomic E-state index is 0.112. The molecule has 11 heteroatoms. The van der Waals surface area contributed by atoms with Crippen LogP contribution in [-0.2, 0) is 4.79 Å². The van der Waals surface area contributed by atoms with Crippen molar-refractivity contribution in [3.05, 3.63) is 74.7 Å². The highest BCUT2D eigenvalue weighted by Crippen LogP contribution is 2.39. The first-order valence-corrected chi connectivity index (χ1v) is 10.9. The van der Waals surface area contributed by atoms with Crippen molar-refractivity contribution < 1.29 is 14.4 Å². The Bertz CT molecular complexity index is 1120. The minimum atomic E-state index is -0.401. The SMILES string of the molecule is CC(=O)NOc1c(Cl)cc(NC(=S)Nc2cc(Cl)c(Oc3ccccc3)c(Cl)c2)cc1Cl. The van der Waals surface area contributed by atoms with Crippen molar-refractivity contribution in [2.45, 2.75) is 6.92 Å². The summed E-state index contributed by atoms with van der Waals surface area (Å²) in [5.74, 6) is 0.647. The lowest BCUT2D eigenvalue weighted by atomic mass is 10.3. The zero-order valence-electron chi connectivity index (χ0n) is 16.3. The second-order valence-corrected chi connectivity index (χ2v) is 8.33. The molecule has 0 saturated heterocycles. The standard InChI is InChI=1S/C21H15Cl4N3O3S/c1-11(29)28-31-20-17(24)9-13(10-18(20)25)27-21(32)26-12-7-15(22)19(16(23)8-12)30-14-5-3-2-4-6-14/h2-10H,1H3,(H,28,29)(H2,26,27,32). The number of para-hydroxylation sites is 1. The monoisotopic (exact) mass is 529 g/mol. The fraction of sp³-hybridized carbons (Fsp3) is 0.0476. The Balaban J connectivity index is 1.69. The molecule has 166 valence electrons. The van der Waals surface area contributed by atoms with Gasteiger partial charge in [0.15, 0.2) is 16.6 Å². The van der Waals surface area contributed by atoms with Crippen molar-refractivity contribution in [1.82, 2.24) is 5.48 Å². The summed E-state index contributed by atoms with van der Waals surface area (Å²) in [7, 11) is 0. The normalized spacial score (nSPS) is 10.3. The van der Waals surface area contributed by atoms with Gasteiger partial charge in [-0.25, -0.2) is 0 Å². The van der Waals surface area contributed by atoms with Gasteiger partial charge in [0.1, 0.15) is 5.75 Å². The van der Waals surface area contributed by atoms with Crippen molar-refractivity contribution in [3.63, 3.8) is 0 Å². The Morgan fingerprint density at radius 2 is 1.28 bits per heavy atom. The molecule has 3 aromatic rings. The fourth-order valence-electron chi connectivity index (χ4n) is 2.48. The molecule has 3 N–H and O–H groups in total. The molecule has 0 fully saturated rings. The molecule has 0 aliphatic carbocycles. The molecule has 32 heavy (non-hydrogen) atoms. The Kier molecular flexibility index (Phi) is 8.28.